The molecule has 4 heteroatoms. The average molecular weight is 239 g/mol. The first-order valence-corrected chi connectivity index (χ1v) is 5.88. The van der Waals surface area contributed by atoms with E-state index in [0.29, 0.717) is 12.1 Å². The zero-order valence-electron chi connectivity index (χ0n) is 9.97. The fourth-order valence-corrected chi connectivity index (χ4v) is 2.24. The number of benzene rings is 1. The lowest BCUT2D eigenvalue weighted by Crippen LogP contribution is -2.28. The topological polar surface area (TPSA) is 32.7 Å². The second-order valence-corrected chi connectivity index (χ2v) is 4.44. The number of rotatable bonds is 4. The van der Waals surface area contributed by atoms with Gasteiger partial charge in [-0.2, -0.15) is 0 Å². The van der Waals surface area contributed by atoms with E-state index in [2.05, 4.69) is 4.90 Å². The number of halogens is 1. The molecule has 1 aliphatic rings. The maximum absolute atomic E-state index is 13.5. The van der Waals surface area contributed by atoms with Crippen LogP contribution in [-0.4, -0.2) is 42.9 Å². The van der Waals surface area contributed by atoms with Crippen LogP contribution in [0.4, 0.5) is 4.39 Å². The van der Waals surface area contributed by atoms with Gasteiger partial charge in [0.1, 0.15) is 5.82 Å². The molecule has 94 valence electrons. The Kier molecular flexibility index (Phi) is 4.10. The Morgan fingerprint density at radius 2 is 2.29 bits per heavy atom. The predicted molar refractivity (Wildman–Crippen MR) is 63.2 cm³/mol. The first-order chi connectivity index (χ1) is 8.20. The monoisotopic (exact) mass is 239 g/mol. The smallest absolute Gasteiger partial charge is 0.129 e. The van der Waals surface area contributed by atoms with Crippen LogP contribution in [0, 0.1) is 5.82 Å². The van der Waals surface area contributed by atoms with Crippen LogP contribution in [0.2, 0.25) is 0 Å². The van der Waals surface area contributed by atoms with Gasteiger partial charge in [-0.25, -0.2) is 4.39 Å². The van der Waals surface area contributed by atoms with E-state index in [0.717, 1.165) is 19.5 Å². The Balaban J connectivity index is 1.94. The molecule has 0 saturated carbocycles. The highest BCUT2D eigenvalue weighted by Crippen LogP contribution is 2.20. The van der Waals surface area contributed by atoms with Crippen molar-refractivity contribution in [2.24, 2.45) is 0 Å². The summed E-state index contributed by atoms with van der Waals surface area (Å²) in [4.78, 5) is 2.10. The molecule has 1 saturated heterocycles. The molecule has 0 amide bonds. The molecule has 1 aliphatic heterocycles. The van der Waals surface area contributed by atoms with Crippen LogP contribution in [0.5, 0.6) is 0 Å². The minimum absolute atomic E-state index is 0.239. The number of methoxy groups -OCH3 is 1. The van der Waals surface area contributed by atoms with Gasteiger partial charge < -0.3 is 9.84 Å². The molecule has 0 aliphatic carbocycles. The number of hydrogen-bond acceptors (Lipinski definition) is 3. The Morgan fingerprint density at radius 3 is 2.94 bits per heavy atom. The SMILES string of the molecule is COC1CCN(CC(O)c2ccccc2F)C1. The van der Waals surface area contributed by atoms with E-state index in [1.165, 1.54) is 6.07 Å². The Labute approximate surface area is 101 Å². The quantitative estimate of drug-likeness (QED) is 0.866. The molecular formula is C13H18FNO2. The van der Waals surface area contributed by atoms with Crippen LogP contribution in [0.15, 0.2) is 24.3 Å². The van der Waals surface area contributed by atoms with Gasteiger partial charge in [-0.15, -0.1) is 0 Å². The summed E-state index contributed by atoms with van der Waals surface area (Å²) in [7, 11) is 1.70. The lowest BCUT2D eigenvalue weighted by molar-refractivity contribution is 0.0887. The zero-order valence-corrected chi connectivity index (χ0v) is 9.97. The number of hydrogen-bond donors (Lipinski definition) is 1. The third kappa shape index (κ3) is 3.03. The van der Waals surface area contributed by atoms with Gasteiger partial charge in [-0.1, -0.05) is 18.2 Å². The maximum atomic E-state index is 13.5. The summed E-state index contributed by atoms with van der Waals surface area (Å²) in [6, 6.07) is 6.37. The van der Waals surface area contributed by atoms with E-state index in [9.17, 15) is 9.50 Å². The molecule has 2 unspecified atom stereocenters. The molecule has 0 bridgehead atoms. The standard InChI is InChI=1S/C13H18FNO2/c1-17-10-6-7-15(8-10)9-13(16)11-4-2-3-5-12(11)14/h2-5,10,13,16H,6-9H2,1H3. The van der Waals surface area contributed by atoms with Crippen molar-refractivity contribution < 1.29 is 14.2 Å². The molecule has 17 heavy (non-hydrogen) atoms. The van der Waals surface area contributed by atoms with E-state index in [1.54, 1.807) is 25.3 Å². The molecule has 1 fully saturated rings. The van der Waals surface area contributed by atoms with Crippen molar-refractivity contribution in [1.29, 1.82) is 0 Å². The number of aliphatic hydroxyl groups excluding tert-OH is 1. The van der Waals surface area contributed by atoms with E-state index >= 15 is 0 Å². The van der Waals surface area contributed by atoms with Gasteiger partial charge in [-0.05, 0) is 12.5 Å². The molecule has 1 aromatic rings. The number of β-amino-alcohol motifs (C(OH)–C–C–N with tert-alkyl or cyclic N) is 1. The van der Waals surface area contributed by atoms with Gasteiger partial charge in [-0.3, -0.25) is 4.90 Å². The van der Waals surface area contributed by atoms with E-state index in [-0.39, 0.29) is 11.9 Å². The molecule has 1 N–H and O–H groups in total. The van der Waals surface area contributed by atoms with Crippen molar-refractivity contribution in [3.05, 3.63) is 35.6 Å². The van der Waals surface area contributed by atoms with Crippen molar-refractivity contribution in [3.8, 4) is 0 Å². The lowest BCUT2D eigenvalue weighted by atomic mass is 10.1. The highest BCUT2D eigenvalue weighted by Gasteiger charge is 2.24. The Hall–Kier alpha value is -0.970. The Morgan fingerprint density at radius 1 is 1.53 bits per heavy atom. The van der Waals surface area contributed by atoms with E-state index in [4.69, 9.17) is 4.74 Å². The van der Waals surface area contributed by atoms with Crippen LogP contribution in [0.25, 0.3) is 0 Å². The summed E-state index contributed by atoms with van der Waals surface area (Å²) >= 11 is 0. The predicted octanol–water partition coefficient (Wildman–Crippen LogP) is 1.58. The molecule has 0 aromatic heterocycles. The van der Waals surface area contributed by atoms with Crippen LogP contribution in [-0.2, 0) is 4.74 Å². The lowest BCUT2D eigenvalue weighted by Gasteiger charge is -2.20. The fourth-order valence-electron chi connectivity index (χ4n) is 2.24. The molecule has 2 atom stereocenters. The Bertz CT molecular complexity index is 372. The first kappa shape index (κ1) is 12.5. The second-order valence-electron chi connectivity index (χ2n) is 4.44. The fraction of sp³-hybridized carbons (Fsp3) is 0.538. The van der Waals surface area contributed by atoms with E-state index < -0.39 is 6.10 Å². The number of aliphatic hydroxyl groups is 1. The van der Waals surface area contributed by atoms with Crippen LogP contribution in [0.1, 0.15) is 18.1 Å². The molecule has 1 heterocycles. The first-order valence-electron chi connectivity index (χ1n) is 5.88. The average Bonchev–Trinajstić information content (AvgIpc) is 2.77. The molecule has 2 rings (SSSR count). The number of nitrogens with zero attached hydrogens (tertiary/aromatic N) is 1. The largest absolute Gasteiger partial charge is 0.387 e. The highest BCUT2D eigenvalue weighted by molar-refractivity contribution is 5.20. The third-order valence-electron chi connectivity index (χ3n) is 3.26. The molecule has 1 aromatic carbocycles. The van der Waals surface area contributed by atoms with Crippen molar-refractivity contribution in [2.75, 3.05) is 26.7 Å². The summed E-state index contributed by atoms with van der Waals surface area (Å²) < 4.78 is 18.7. The van der Waals surface area contributed by atoms with Crippen LogP contribution in [0.3, 0.4) is 0 Å². The minimum atomic E-state index is -0.771. The van der Waals surface area contributed by atoms with Gasteiger partial charge in [0.25, 0.3) is 0 Å². The molecule has 0 spiro atoms. The minimum Gasteiger partial charge on any atom is -0.387 e. The summed E-state index contributed by atoms with van der Waals surface area (Å²) in [5, 5.41) is 10.00. The van der Waals surface area contributed by atoms with Crippen molar-refractivity contribution in [1.82, 2.24) is 4.90 Å². The van der Waals surface area contributed by atoms with Gasteiger partial charge in [0, 0.05) is 32.3 Å². The van der Waals surface area contributed by atoms with E-state index in [1.807, 2.05) is 0 Å². The third-order valence-corrected chi connectivity index (χ3v) is 3.26. The van der Waals surface area contributed by atoms with Gasteiger partial charge in [0.05, 0.1) is 12.2 Å². The molecular weight excluding hydrogens is 221 g/mol. The zero-order chi connectivity index (χ0) is 12.3. The molecule has 0 radical (unpaired) electrons. The van der Waals surface area contributed by atoms with Crippen molar-refractivity contribution >= 4 is 0 Å². The summed E-state index contributed by atoms with van der Waals surface area (Å²) in [6.07, 6.45) is 0.440. The normalized spacial score (nSPS) is 22.9. The van der Waals surface area contributed by atoms with Crippen molar-refractivity contribution in [3.63, 3.8) is 0 Å². The van der Waals surface area contributed by atoms with Gasteiger partial charge >= 0.3 is 0 Å². The molecule has 3 nitrogen and oxygen atoms in total. The highest BCUT2D eigenvalue weighted by atomic mass is 19.1. The number of likely N-dealkylation sites (tertiary alicyclic amines) is 1. The summed E-state index contributed by atoms with van der Waals surface area (Å²) in [5.74, 6) is -0.345. The van der Waals surface area contributed by atoms with Crippen molar-refractivity contribution in [2.45, 2.75) is 18.6 Å². The van der Waals surface area contributed by atoms with Crippen LogP contribution >= 0.6 is 0 Å². The second kappa shape index (κ2) is 5.58. The summed E-state index contributed by atoms with van der Waals surface area (Å²) in [5.41, 5.74) is 0.369. The number of ether oxygens (including phenoxy) is 1. The maximum Gasteiger partial charge on any atom is 0.129 e. The summed E-state index contributed by atoms with van der Waals surface area (Å²) in [6.45, 7) is 2.16. The van der Waals surface area contributed by atoms with Gasteiger partial charge in [0.2, 0.25) is 0 Å². The van der Waals surface area contributed by atoms with Gasteiger partial charge in [0.15, 0.2) is 0 Å². The van der Waals surface area contributed by atoms with Crippen LogP contribution < -0.4 is 0 Å².